The molecule has 3 aliphatic rings. The van der Waals surface area contributed by atoms with Crippen LogP contribution < -0.4 is 19.9 Å². The lowest BCUT2D eigenvalue weighted by Crippen LogP contribution is -2.51. The number of hydrogen-bond acceptors (Lipinski definition) is 10. The van der Waals surface area contributed by atoms with Crippen molar-refractivity contribution in [3.8, 4) is 17.8 Å². The molecule has 0 aliphatic carbocycles. The number of carboxylic acids is 1. The third kappa shape index (κ3) is 7.66. The van der Waals surface area contributed by atoms with E-state index >= 15 is 0 Å². The molecule has 2 saturated heterocycles. The Hall–Kier alpha value is -4.35. The highest BCUT2D eigenvalue weighted by atomic mass is 19.4. The normalized spacial score (nSPS) is 20.2. The molecule has 2 aromatic carbocycles. The van der Waals surface area contributed by atoms with Crippen molar-refractivity contribution in [3.05, 3.63) is 47.7 Å². The van der Waals surface area contributed by atoms with E-state index in [1.165, 1.54) is 6.42 Å². The average Bonchev–Trinajstić information content (AvgIpc) is 3.43. The molecule has 0 unspecified atom stereocenters. The highest BCUT2D eigenvalue weighted by Gasteiger charge is 2.38. The van der Waals surface area contributed by atoms with Crippen molar-refractivity contribution in [1.82, 2.24) is 20.2 Å². The van der Waals surface area contributed by atoms with Crippen LogP contribution in [0.5, 0.6) is 11.8 Å². The van der Waals surface area contributed by atoms with Crippen LogP contribution in [0.4, 0.5) is 24.7 Å². The standard InChI is InChI=1S/C29H35N7O2.C2HF3O2/c1-34-12-4-6-22(34)19-38-29-32-26-18-35(27-16-23(37)15-20-5-2-3-7-24(20)27)13-9-25(26)28(33-29)36-14-11-31-21(17-36)8-10-30;3-2(4,5)1(6)7/h2-3,5,7,15-16,21-22,31,37H,4,6,8-9,11-14,17-19H2,1H3;(H,6,7)/t21-,22-;/m0./s1. The van der Waals surface area contributed by atoms with Gasteiger partial charge in [-0.15, -0.1) is 0 Å². The van der Waals surface area contributed by atoms with Crippen LogP contribution in [0.2, 0.25) is 0 Å². The number of phenols is 1. The van der Waals surface area contributed by atoms with Crippen molar-refractivity contribution >= 4 is 28.2 Å². The second-order valence-corrected chi connectivity index (χ2v) is 11.5. The zero-order chi connectivity index (χ0) is 32.1. The summed E-state index contributed by atoms with van der Waals surface area (Å²) >= 11 is 0. The minimum absolute atomic E-state index is 0.120. The van der Waals surface area contributed by atoms with Gasteiger partial charge in [0.25, 0.3) is 0 Å². The number of phenolic OH excluding ortho intramolecular Hbond substituents is 1. The van der Waals surface area contributed by atoms with Crippen LogP contribution in [0.25, 0.3) is 10.8 Å². The highest BCUT2D eigenvalue weighted by Crippen LogP contribution is 2.36. The molecule has 11 nitrogen and oxygen atoms in total. The summed E-state index contributed by atoms with van der Waals surface area (Å²) in [5.41, 5.74) is 3.14. The lowest BCUT2D eigenvalue weighted by Gasteiger charge is -2.37. The van der Waals surface area contributed by atoms with Crippen molar-refractivity contribution in [2.24, 2.45) is 0 Å². The number of halogens is 3. The van der Waals surface area contributed by atoms with Crippen LogP contribution in [0.15, 0.2) is 36.4 Å². The number of rotatable bonds is 6. The van der Waals surface area contributed by atoms with Crippen LogP contribution in [0, 0.1) is 11.3 Å². The van der Waals surface area contributed by atoms with Gasteiger partial charge in [0.05, 0.1) is 24.7 Å². The van der Waals surface area contributed by atoms with Gasteiger partial charge >= 0.3 is 18.2 Å². The number of alkyl halides is 3. The van der Waals surface area contributed by atoms with Gasteiger partial charge < -0.3 is 35.0 Å². The number of benzene rings is 2. The number of anilines is 2. The number of ether oxygens (including phenoxy) is 1. The fraction of sp³-hybridized carbons (Fsp3) is 0.484. The number of likely N-dealkylation sites (N-methyl/N-ethyl adjacent to an activating group) is 1. The van der Waals surface area contributed by atoms with Gasteiger partial charge in [0.15, 0.2) is 0 Å². The summed E-state index contributed by atoms with van der Waals surface area (Å²) in [5, 5.41) is 32.4. The topological polar surface area (TPSA) is 138 Å². The first kappa shape index (κ1) is 32.1. The molecular formula is C31H36F3N7O4. The van der Waals surface area contributed by atoms with E-state index in [0.717, 1.165) is 79.1 Å². The summed E-state index contributed by atoms with van der Waals surface area (Å²) in [6, 6.07) is 15.1. The number of likely N-dealkylation sites (tertiary alicyclic amines) is 1. The number of piperazine rings is 1. The maximum absolute atomic E-state index is 10.6. The molecule has 3 N–H and O–H groups in total. The van der Waals surface area contributed by atoms with Crippen LogP contribution in [0.3, 0.4) is 0 Å². The number of nitriles is 1. The van der Waals surface area contributed by atoms with E-state index in [1.807, 2.05) is 30.3 Å². The zero-order valence-corrected chi connectivity index (χ0v) is 24.9. The molecule has 0 saturated carbocycles. The second-order valence-electron chi connectivity index (χ2n) is 11.5. The summed E-state index contributed by atoms with van der Waals surface area (Å²) in [5.74, 6) is -1.55. The largest absolute Gasteiger partial charge is 0.508 e. The van der Waals surface area contributed by atoms with Gasteiger partial charge in [-0.3, -0.25) is 0 Å². The maximum atomic E-state index is 10.6. The Balaban J connectivity index is 0.000000515. The summed E-state index contributed by atoms with van der Waals surface area (Å²) in [6.45, 7) is 5.48. The van der Waals surface area contributed by atoms with Gasteiger partial charge in [0, 0.05) is 61.0 Å². The molecule has 0 radical (unpaired) electrons. The smallest absolute Gasteiger partial charge is 0.490 e. The first-order valence-electron chi connectivity index (χ1n) is 14.9. The van der Waals surface area contributed by atoms with E-state index in [-0.39, 0.29) is 11.8 Å². The number of carboxylic acid groups (broad SMARTS) is 1. The van der Waals surface area contributed by atoms with Crippen molar-refractivity contribution in [2.75, 3.05) is 56.2 Å². The zero-order valence-electron chi connectivity index (χ0n) is 24.9. The Kier molecular flexibility index (Phi) is 9.79. The number of nitrogens with one attached hydrogen (secondary N) is 1. The molecule has 1 aromatic heterocycles. The Morgan fingerprint density at radius 1 is 1.18 bits per heavy atom. The molecule has 0 spiro atoms. The number of hydrogen-bond donors (Lipinski definition) is 3. The molecule has 3 aliphatic heterocycles. The van der Waals surface area contributed by atoms with Crippen molar-refractivity contribution in [2.45, 2.75) is 50.5 Å². The van der Waals surface area contributed by atoms with Gasteiger partial charge in [-0.1, -0.05) is 24.3 Å². The molecule has 45 heavy (non-hydrogen) atoms. The second kappa shape index (κ2) is 13.7. The predicted molar refractivity (Wildman–Crippen MR) is 161 cm³/mol. The molecule has 3 aromatic rings. The van der Waals surface area contributed by atoms with Crippen molar-refractivity contribution in [3.63, 3.8) is 0 Å². The number of fused-ring (bicyclic) bond motifs is 2. The molecule has 240 valence electrons. The third-order valence-electron chi connectivity index (χ3n) is 8.40. The summed E-state index contributed by atoms with van der Waals surface area (Å²) in [4.78, 5) is 25.7. The molecule has 2 fully saturated rings. The Labute approximate surface area is 258 Å². The SMILES string of the molecule is CN1CCC[C@H]1COc1nc2c(c(N3CCN[C@@H](CC#N)C3)n1)CCN(c1cc(O)cc3ccccc13)C2.O=C(O)C(F)(F)F. The van der Waals surface area contributed by atoms with Crippen molar-refractivity contribution in [1.29, 1.82) is 5.26 Å². The molecular weight excluding hydrogens is 591 g/mol. The van der Waals surface area contributed by atoms with E-state index in [2.05, 4.69) is 39.2 Å². The third-order valence-corrected chi connectivity index (χ3v) is 8.40. The van der Waals surface area contributed by atoms with Crippen molar-refractivity contribution < 1.29 is 32.9 Å². The van der Waals surface area contributed by atoms with Gasteiger partial charge in [0.1, 0.15) is 18.2 Å². The predicted octanol–water partition coefficient (Wildman–Crippen LogP) is 3.70. The molecule has 4 heterocycles. The minimum atomic E-state index is -5.08. The highest BCUT2D eigenvalue weighted by molar-refractivity contribution is 5.95. The maximum Gasteiger partial charge on any atom is 0.490 e. The van der Waals surface area contributed by atoms with E-state index in [4.69, 9.17) is 24.6 Å². The summed E-state index contributed by atoms with van der Waals surface area (Å²) in [6.07, 6.45) is -1.50. The van der Waals surface area contributed by atoms with E-state index in [9.17, 15) is 23.5 Å². The molecule has 2 atom stereocenters. The molecule has 0 bridgehead atoms. The molecule has 6 rings (SSSR count). The Bertz CT molecular complexity index is 1560. The number of carbonyl (C=O) groups is 1. The van der Waals surface area contributed by atoms with Crippen LogP contribution in [-0.2, 0) is 17.8 Å². The average molecular weight is 628 g/mol. The Morgan fingerprint density at radius 3 is 2.67 bits per heavy atom. The van der Waals surface area contributed by atoms with E-state index in [1.54, 1.807) is 0 Å². The minimum Gasteiger partial charge on any atom is -0.508 e. The van der Waals surface area contributed by atoms with Crippen LogP contribution in [0.1, 0.15) is 30.5 Å². The monoisotopic (exact) mass is 627 g/mol. The lowest BCUT2D eigenvalue weighted by molar-refractivity contribution is -0.192. The van der Waals surface area contributed by atoms with Gasteiger partial charge in [-0.25, -0.2) is 4.79 Å². The molecule has 0 amide bonds. The number of aromatic nitrogens is 2. The van der Waals surface area contributed by atoms with E-state index < -0.39 is 12.1 Å². The fourth-order valence-electron chi connectivity index (χ4n) is 6.08. The van der Waals surface area contributed by atoms with Gasteiger partial charge in [0.2, 0.25) is 0 Å². The van der Waals surface area contributed by atoms with Gasteiger partial charge in [-0.2, -0.15) is 28.4 Å². The number of aromatic hydroxyl groups is 1. The van der Waals surface area contributed by atoms with E-state index in [0.29, 0.717) is 31.6 Å². The first-order valence-corrected chi connectivity index (χ1v) is 14.9. The quantitative estimate of drug-likeness (QED) is 0.369. The first-order chi connectivity index (χ1) is 21.5. The Morgan fingerprint density at radius 2 is 1.96 bits per heavy atom. The fourth-order valence-corrected chi connectivity index (χ4v) is 6.08. The van der Waals surface area contributed by atoms with Crippen LogP contribution >= 0.6 is 0 Å². The van der Waals surface area contributed by atoms with Crippen LogP contribution in [-0.4, -0.2) is 95.7 Å². The summed E-state index contributed by atoms with van der Waals surface area (Å²) < 4.78 is 38.0. The summed E-state index contributed by atoms with van der Waals surface area (Å²) in [7, 11) is 2.15. The number of aliphatic carboxylic acids is 1. The van der Waals surface area contributed by atoms with Gasteiger partial charge in [-0.05, 0) is 44.3 Å². The lowest BCUT2D eigenvalue weighted by atomic mass is 10.0. The number of nitrogens with zero attached hydrogens (tertiary/aromatic N) is 6. The molecule has 14 heteroatoms.